The minimum absolute atomic E-state index is 0.0579. The van der Waals surface area contributed by atoms with Crippen LogP contribution in [0.1, 0.15) is 59.8 Å². The Morgan fingerprint density at radius 3 is 2.24 bits per heavy atom. The quantitative estimate of drug-likeness (QED) is 0.721. The van der Waals surface area contributed by atoms with Crippen LogP contribution in [0.25, 0.3) is 0 Å². The first-order chi connectivity index (χ1) is 7.93. The largest absolute Gasteiger partial charge is 0.381 e. The Morgan fingerprint density at radius 2 is 1.76 bits per heavy atom. The predicted molar refractivity (Wildman–Crippen MR) is 74.0 cm³/mol. The van der Waals surface area contributed by atoms with Gasteiger partial charge in [0, 0.05) is 18.8 Å². The summed E-state index contributed by atoms with van der Waals surface area (Å²) in [5, 5.41) is 0. The predicted octanol–water partition coefficient (Wildman–Crippen LogP) is 3.59. The normalized spacial score (nSPS) is 30.2. The molecule has 1 aliphatic carbocycles. The van der Waals surface area contributed by atoms with E-state index in [4.69, 9.17) is 10.5 Å². The molecule has 0 amide bonds. The van der Waals surface area contributed by atoms with Crippen LogP contribution >= 0.6 is 0 Å². The summed E-state index contributed by atoms with van der Waals surface area (Å²) in [5.41, 5.74) is 6.52. The summed E-state index contributed by atoms with van der Waals surface area (Å²) in [5.74, 6) is 2.33. The van der Waals surface area contributed by atoms with Gasteiger partial charge >= 0.3 is 0 Å². The fourth-order valence-corrected chi connectivity index (χ4v) is 2.73. The van der Waals surface area contributed by atoms with Crippen LogP contribution in [0.2, 0.25) is 0 Å². The van der Waals surface area contributed by atoms with Crippen LogP contribution in [-0.2, 0) is 4.74 Å². The molecule has 0 aromatic carbocycles. The molecule has 0 atom stereocenters. The molecule has 0 unspecified atom stereocenters. The van der Waals surface area contributed by atoms with Gasteiger partial charge in [-0.2, -0.15) is 0 Å². The fraction of sp³-hybridized carbons (Fsp3) is 1.00. The van der Waals surface area contributed by atoms with Gasteiger partial charge in [0.15, 0.2) is 0 Å². The van der Waals surface area contributed by atoms with Crippen molar-refractivity contribution in [2.45, 2.75) is 65.3 Å². The van der Waals surface area contributed by atoms with Crippen LogP contribution in [0.5, 0.6) is 0 Å². The lowest BCUT2D eigenvalue weighted by molar-refractivity contribution is 0.0793. The third-order valence-electron chi connectivity index (χ3n) is 4.16. The van der Waals surface area contributed by atoms with Gasteiger partial charge in [-0.15, -0.1) is 0 Å². The molecule has 0 saturated heterocycles. The smallest absolute Gasteiger partial charge is 0.0489 e. The van der Waals surface area contributed by atoms with E-state index in [2.05, 4.69) is 27.7 Å². The lowest BCUT2D eigenvalue weighted by Crippen LogP contribution is -2.44. The highest BCUT2D eigenvalue weighted by Gasteiger charge is 2.32. The lowest BCUT2D eigenvalue weighted by atomic mass is 9.72. The molecule has 0 aliphatic heterocycles. The fourth-order valence-electron chi connectivity index (χ4n) is 2.73. The maximum Gasteiger partial charge on any atom is 0.0489 e. The SMILES string of the molecule is CC(C)COCCC1(N)CCC(C(C)C)CC1. The average molecular weight is 241 g/mol. The van der Waals surface area contributed by atoms with E-state index in [1.165, 1.54) is 25.7 Å². The van der Waals surface area contributed by atoms with Crippen LogP contribution < -0.4 is 5.73 Å². The molecule has 0 bridgehead atoms. The molecule has 2 N–H and O–H groups in total. The topological polar surface area (TPSA) is 35.2 Å². The van der Waals surface area contributed by atoms with E-state index in [0.29, 0.717) is 5.92 Å². The summed E-state index contributed by atoms with van der Waals surface area (Å²) in [6, 6.07) is 0. The highest BCUT2D eigenvalue weighted by molar-refractivity contribution is 4.90. The zero-order chi connectivity index (χ0) is 12.9. The van der Waals surface area contributed by atoms with Gasteiger partial charge in [-0.1, -0.05) is 27.7 Å². The van der Waals surface area contributed by atoms with Gasteiger partial charge in [-0.25, -0.2) is 0 Å². The molecule has 2 nitrogen and oxygen atoms in total. The molecule has 17 heavy (non-hydrogen) atoms. The Kier molecular flexibility index (Phi) is 5.94. The summed E-state index contributed by atoms with van der Waals surface area (Å²) in [6.07, 6.45) is 6.00. The van der Waals surface area contributed by atoms with Crippen LogP contribution in [0.15, 0.2) is 0 Å². The maximum absolute atomic E-state index is 6.46. The average Bonchev–Trinajstić information content (AvgIpc) is 2.25. The summed E-state index contributed by atoms with van der Waals surface area (Å²) < 4.78 is 5.66. The van der Waals surface area contributed by atoms with E-state index >= 15 is 0 Å². The molecular weight excluding hydrogens is 210 g/mol. The third kappa shape index (κ3) is 5.39. The first-order valence-electron chi connectivity index (χ1n) is 7.29. The summed E-state index contributed by atoms with van der Waals surface area (Å²) >= 11 is 0. The number of rotatable bonds is 6. The minimum Gasteiger partial charge on any atom is -0.381 e. The van der Waals surface area contributed by atoms with Crippen molar-refractivity contribution < 1.29 is 4.74 Å². The van der Waals surface area contributed by atoms with E-state index < -0.39 is 0 Å². The van der Waals surface area contributed by atoms with Crippen LogP contribution in [0.4, 0.5) is 0 Å². The van der Waals surface area contributed by atoms with Crippen molar-refractivity contribution in [1.29, 1.82) is 0 Å². The Bertz CT molecular complexity index is 205. The summed E-state index contributed by atoms with van der Waals surface area (Å²) in [6.45, 7) is 10.7. The third-order valence-corrected chi connectivity index (χ3v) is 4.16. The Balaban J connectivity index is 2.20. The second kappa shape index (κ2) is 6.75. The van der Waals surface area contributed by atoms with Gasteiger partial charge < -0.3 is 10.5 Å². The highest BCUT2D eigenvalue weighted by Crippen LogP contribution is 2.36. The summed E-state index contributed by atoms with van der Waals surface area (Å²) in [7, 11) is 0. The Labute approximate surface area is 107 Å². The molecule has 0 spiro atoms. The standard InChI is InChI=1S/C15H31NO/c1-12(2)11-17-10-9-15(16)7-5-14(6-8-15)13(3)4/h12-14H,5-11,16H2,1-4H3. The number of hydrogen-bond donors (Lipinski definition) is 1. The van der Waals surface area contributed by atoms with Crippen molar-refractivity contribution in [3.63, 3.8) is 0 Å². The monoisotopic (exact) mass is 241 g/mol. The zero-order valence-corrected chi connectivity index (χ0v) is 12.2. The van der Waals surface area contributed by atoms with Gasteiger partial charge in [0.2, 0.25) is 0 Å². The van der Waals surface area contributed by atoms with Gasteiger partial charge in [0.05, 0.1) is 0 Å². The second-order valence-electron chi connectivity index (χ2n) is 6.66. The van der Waals surface area contributed by atoms with Crippen LogP contribution in [-0.4, -0.2) is 18.8 Å². The molecule has 0 aromatic rings. The second-order valence-corrected chi connectivity index (χ2v) is 6.66. The number of ether oxygens (including phenoxy) is 1. The molecule has 0 radical (unpaired) electrons. The molecule has 1 aliphatic rings. The molecule has 1 fully saturated rings. The first kappa shape index (κ1) is 15.0. The number of hydrogen-bond acceptors (Lipinski definition) is 2. The van der Waals surface area contributed by atoms with E-state index in [1.54, 1.807) is 0 Å². The Hall–Kier alpha value is -0.0800. The van der Waals surface area contributed by atoms with E-state index in [1.807, 2.05) is 0 Å². The Morgan fingerprint density at radius 1 is 1.18 bits per heavy atom. The molecule has 102 valence electrons. The van der Waals surface area contributed by atoms with Crippen molar-refractivity contribution in [3.05, 3.63) is 0 Å². The van der Waals surface area contributed by atoms with E-state index in [0.717, 1.165) is 31.5 Å². The van der Waals surface area contributed by atoms with Crippen molar-refractivity contribution >= 4 is 0 Å². The molecule has 0 aromatic heterocycles. The number of nitrogens with two attached hydrogens (primary N) is 1. The molecule has 1 rings (SSSR count). The van der Waals surface area contributed by atoms with E-state index in [9.17, 15) is 0 Å². The molecule has 0 heterocycles. The minimum atomic E-state index is 0.0579. The highest BCUT2D eigenvalue weighted by atomic mass is 16.5. The van der Waals surface area contributed by atoms with Crippen molar-refractivity contribution in [1.82, 2.24) is 0 Å². The van der Waals surface area contributed by atoms with Gasteiger partial charge in [-0.05, 0) is 49.9 Å². The summed E-state index contributed by atoms with van der Waals surface area (Å²) in [4.78, 5) is 0. The molecule has 2 heteroatoms. The molecule has 1 saturated carbocycles. The van der Waals surface area contributed by atoms with Gasteiger partial charge in [0.1, 0.15) is 0 Å². The van der Waals surface area contributed by atoms with Crippen molar-refractivity contribution in [2.75, 3.05) is 13.2 Å². The lowest BCUT2D eigenvalue weighted by Gasteiger charge is -2.38. The first-order valence-corrected chi connectivity index (χ1v) is 7.29. The maximum atomic E-state index is 6.46. The van der Waals surface area contributed by atoms with E-state index in [-0.39, 0.29) is 5.54 Å². The van der Waals surface area contributed by atoms with Gasteiger partial charge in [0.25, 0.3) is 0 Å². The zero-order valence-electron chi connectivity index (χ0n) is 12.2. The van der Waals surface area contributed by atoms with Crippen molar-refractivity contribution in [2.24, 2.45) is 23.5 Å². The van der Waals surface area contributed by atoms with Crippen LogP contribution in [0, 0.1) is 17.8 Å². The van der Waals surface area contributed by atoms with Gasteiger partial charge in [-0.3, -0.25) is 0 Å². The van der Waals surface area contributed by atoms with Crippen LogP contribution in [0.3, 0.4) is 0 Å². The molecular formula is C15H31NO. The van der Waals surface area contributed by atoms with Crippen molar-refractivity contribution in [3.8, 4) is 0 Å².